The summed E-state index contributed by atoms with van der Waals surface area (Å²) < 4.78 is 17.6. The number of amides is 1. The molecule has 1 amide bonds. The van der Waals surface area contributed by atoms with Crippen LogP contribution in [0.15, 0.2) is 109 Å². The number of allylic oxidation sites excluding steroid dienone is 17. The van der Waals surface area contributed by atoms with E-state index in [9.17, 15) is 35.1 Å². The van der Waals surface area contributed by atoms with Gasteiger partial charge in [0.2, 0.25) is 5.91 Å². The monoisotopic (exact) mass is 1060 g/mol. The van der Waals surface area contributed by atoms with Gasteiger partial charge in [-0.1, -0.05) is 220 Å². The number of aliphatic hydroxyl groups is 5. The fourth-order valence-corrected chi connectivity index (χ4v) is 8.62. The molecule has 0 aromatic rings. The van der Waals surface area contributed by atoms with E-state index in [1.54, 1.807) is 6.08 Å². The average Bonchev–Trinajstić information content (AvgIpc) is 3.42. The molecular weight excluding hydrogens is 955 g/mol. The number of rotatable bonds is 49. The third-order valence-electron chi connectivity index (χ3n) is 13.4. The number of carbonyl (C=O) groups excluding carboxylic acids is 2. The number of esters is 1. The highest BCUT2D eigenvalue weighted by molar-refractivity contribution is 5.80. The van der Waals surface area contributed by atoms with E-state index in [2.05, 4.69) is 123 Å². The van der Waals surface area contributed by atoms with E-state index < -0.39 is 67.4 Å². The van der Waals surface area contributed by atoms with Crippen molar-refractivity contribution < 1.29 is 49.3 Å². The van der Waals surface area contributed by atoms with Crippen LogP contribution in [0, 0.1) is 0 Å². The first-order valence-electron chi connectivity index (χ1n) is 30.2. The van der Waals surface area contributed by atoms with Gasteiger partial charge in [0.05, 0.1) is 25.4 Å². The highest BCUT2D eigenvalue weighted by Gasteiger charge is 2.47. The van der Waals surface area contributed by atoms with Crippen LogP contribution in [0.2, 0.25) is 0 Å². The van der Waals surface area contributed by atoms with Gasteiger partial charge in [0.15, 0.2) is 12.4 Å². The lowest BCUT2D eigenvalue weighted by molar-refractivity contribution is -0.305. The van der Waals surface area contributed by atoms with E-state index in [4.69, 9.17) is 14.2 Å². The zero-order chi connectivity index (χ0) is 55.4. The van der Waals surface area contributed by atoms with Crippen molar-refractivity contribution in [3.05, 3.63) is 109 Å². The molecule has 1 heterocycles. The van der Waals surface area contributed by atoms with Gasteiger partial charge in [0.25, 0.3) is 0 Å². The largest absolute Gasteiger partial charge is 0.454 e. The lowest BCUT2D eigenvalue weighted by Crippen LogP contribution is -2.61. The minimum atomic E-state index is -1.64. The molecule has 8 atom stereocenters. The van der Waals surface area contributed by atoms with Crippen molar-refractivity contribution in [1.82, 2.24) is 5.32 Å². The highest BCUT2D eigenvalue weighted by Crippen LogP contribution is 2.26. The molecule has 1 fully saturated rings. The van der Waals surface area contributed by atoms with Crippen LogP contribution in [0.25, 0.3) is 0 Å². The van der Waals surface area contributed by atoms with Gasteiger partial charge in [-0.05, 0) is 109 Å². The first kappa shape index (κ1) is 70.3. The van der Waals surface area contributed by atoms with E-state index in [-0.39, 0.29) is 19.4 Å². The molecule has 0 aliphatic carbocycles. The Morgan fingerprint density at radius 1 is 0.526 bits per heavy atom. The van der Waals surface area contributed by atoms with Crippen LogP contribution in [-0.4, -0.2) is 99.6 Å². The lowest BCUT2D eigenvalue weighted by atomic mass is 9.99. The molecule has 0 bridgehead atoms. The summed E-state index contributed by atoms with van der Waals surface area (Å²) in [5.74, 6) is -1.26. The number of nitrogens with one attached hydrogen (secondary N) is 1. The second kappa shape index (κ2) is 52.0. The Morgan fingerprint density at radius 2 is 0.947 bits per heavy atom. The standard InChI is InChI=1S/C65H109NO10/c1-4-7-10-13-16-19-22-25-27-29-30-31-33-35-38-41-44-47-50-53-60(70)76-63-62(72)61(71)59(54-67)75-65(63)74-55-56(57(68)51-48-45-42-39-36-24-21-18-15-12-9-6-3)66-64(73)58(69)52-49-46-43-40-37-34-32-28-26-23-20-17-14-11-8-5-2/h7,10,16-17,19-20,25-28,30-31,34-35,37-38,48,51,56-59,61-63,65,67-69,71-72H,4-6,8-9,11-15,18,21-24,29,32-33,36,39-47,49-50,52-55H2,1-3H3,(H,66,73)/b10-7-,19-16-,20-17-,27-25-,28-26-,31-30-,37-34-,38-35-,51-48+. The lowest BCUT2D eigenvalue weighted by Gasteiger charge is -2.41. The summed E-state index contributed by atoms with van der Waals surface area (Å²) in [5, 5.41) is 56.9. The third-order valence-corrected chi connectivity index (χ3v) is 13.4. The number of carbonyl (C=O) groups is 2. The summed E-state index contributed by atoms with van der Waals surface area (Å²) in [5.41, 5.74) is 0. The van der Waals surface area contributed by atoms with Crippen molar-refractivity contribution in [1.29, 1.82) is 0 Å². The fraction of sp³-hybridized carbons (Fsp3) is 0.692. The number of hydrogen-bond acceptors (Lipinski definition) is 10. The fourth-order valence-electron chi connectivity index (χ4n) is 8.62. The zero-order valence-electron chi connectivity index (χ0n) is 47.8. The van der Waals surface area contributed by atoms with Crippen LogP contribution in [0.5, 0.6) is 0 Å². The van der Waals surface area contributed by atoms with Gasteiger partial charge in [0.1, 0.15) is 24.4 Å². The molecule has 1 aliphatic rings. The molecule has 1 saturated heterocycles. The van der Waals surface area contributed by atoms with Crippen molar-refractivity contribution in [3.63, 3.8) is 0 Å². The molecule has 0 aromatic heterocycles. The molecule has 0 spiro atoms. The van der Waals surface area contributed by atoms with E-state index in [0.717, 1.165) is 116 Å². The van der Waals surface area contributed by atoms with Gasteiger partial charge in [-0.25, -0.2) is 0 Å². The molecule has 1 aliphatic heterocycles. The SMILES string of the molecule is CC/C=C\C/C=C\C/C=C\C/C=C\C/C=C\CCCCCC(=O)OC1C(OCC(NC(=O)C(O)CCCCC/C=C\C/C=C\C/C=C\CCCCC)C(O)/C=C/CCCCCCCCCCCC)OC(CO)C(O)C1O. The number of ether oxygens (including phenoxy) is 3. The van der Waals surface area contributed by atoms with Crippen molar-refractivity contribution in [2.75, 3.05) is 13.2 Å². The first-order chi connectivity index (χ1) is 37.2. The van der Waals surface area contributed by atoms with Gasteiger partial charge in [0, 0.05) is 6.42 Å². The molecule has 0 aromatic carbocycles. The second-order valence-electron chi connectivity index (χ2n) is 20.3. The molecule has 11 heteroatoms. The summed E-state index contributed by atoms with van der Waals surface area (Å²) in [6.07, 6.45) is 59.8. The Kier molecular flexibility index (Phi) is 48.2. The molecule has 76 heavy (non-hydrogen) atoms. The Bertz CT molecular complexity index is 1650. The average molecular weight is 1060 g/mol. The number of aliphatic hydroxyl groups excluding tert-OH is 5. The number of hydrogen-bond donors (Lipinski definition) is 6. The summed E-state index contributed by atoms with van der Waals surface area (Å²) >= 11 is 0. The van der Waals surface area contributed by atoms with Crippen LogP contribution < -0.4 is 5.32 Å². The molecule has 6 N–H and O–H groups in total. The highest BCUT2D eigenvalue weighted by atomic mass is 16.7. The Hall–Kier alpha value is -3.68. The third kappa shape index (κ3) is 39.6. The minimum Gasteiger partial charge on any atom is -0.454 e. The number of unbranched alkanes of at least 4 members (excludes halogenated alkanes) is 19. The summed E-state index contributed by atoms with van der Waals surface area (Å²) in [4.78, 5) is 26.5. The van der Waals surface area contributed by atoms with Crippen molar-refractivity contribution in [2.45, 2.75) is 275 Å². The van der Waals surface area contributed by atoms with Gasteiger partial charge < -0.3 is 45.1 Å². The Balaban J connectivity index is 2.75. The topological polar surface area (TPSA) is 175 Å². The molecule has 8 unspecified atom stereocenters. The smallest absolute Gasteiger partial charge is 0.306 e. The van der Waals surface area contributed by atoms with Crippen LogP contribution in [-0.2, 0) is 23.8 Å². The van der Waals surface area contributed by atoms with E-state index in [0.29, 0.717) is 12.8 Å². The van der Waals surface area contributed by atoms with E-state index >= 15 is 0 Å². The van der Waals surface area contributed by atoms with Gasteiger partial charge in [-0.2, -0.15) is 0 Å². The van der Waals surface area contributed by atoms with Gasteiger partial charge >= 0.3 is 5.97 Å². The van der Waals surface area contributed by atoms with Crippen LogP contribution in [0.3, 0.4) is 0 Å². The maximum Gasteiger partial charge on any atom is 0.306 e. The van der Waals surface area contributed by atoms with Crippen molar-refractivity contribution in [3.8, 4) is 0 Å². The predicted octanol–water partition coefficient (Wildman–Crippen LogP) is 14.1. The van der Waals surface area contributed by atoms with Crippen molar-refractivity contribution >= 4 is 11.9 Å². The summed E-state index contributed by atoms with van der Waals surface area (Å²) in [6.45, 7) is 5.59. The molecule has 0 saturated carbocycles. The molecule has 1 rings (SSSR count). The summed E-state index contributed by atoms with van der Waals surface area (Å²) in [7, 11) is 0. The van der Waals surface area contributed by atoms with Gasteiger partial charge in [-0.15, -0.1) is 0 Å². The van der Waals surface area contributed by atoms with Crippen LogP contribution in [0.4, 0.5) is 0 Å². The Labute approximate surface area is 462 Å². The van der Waals surface area contributed by atoms with E-state index in [1.165, 1.54) is 64.2 Å². The molecule has 11 nitrogen and oxygen atoms in total. The van der Waals surface area contributed by atoms with Crippen molar-refractivity contribution in [2.24, 2.45) is 0 Å². The quantitative estimate of drug-likeness (QED) is 0.0195. The van der Waals surface area contributed by atoms with E-state index in [1.807, 2.05) is 6.08 Å². The molecule has 0 radical (unpaired) electrons. The summed E-state index contributed by atoms with van der Waals surface area (Å²) in [6, 6.07) is -1.05. The normalized spacial score (nSPS) is 19.9. The van der Waals surface area contributed by atoms with Gasteiger partial charge in [-0.3, -0.25) is 9.59 Å². The maximum absolute atomic E-state index is 13.4. The van der Waals surface area contributed by atoms with Crippen LogP contribution >= 0.6 is 0 Å². The molecular formula is C65H109NO10. The first-order valence-corrected chi connectivity index (χ1v) is 30.2. The second-order valence-corrected chi connectivity index (χ2v) is 20.3. The molecule has 434 valence electrons. The maximum atomic E-state index is 13.4. The van der Waals surface area contributed by atoms with Crippen LogP contribution in [0.1, 0.15) is 226 Å². The zero-order valence-corrected chi connectivity index (χ0v) is 47.8. The minimum absolute atomic E-state index is 0.0755. The predicted molar refractivity (Wildman–Crippen MR) is 315 cm³/mol. The Morgan fingerprint density at radius 3 is 1.45 bits per heavy atom.